The summed E-state index contributed by atoms with van der Waals surface area (Å²) in [6, 6.07) is 12.9. The van der Waals surface area contributed by atoms with Crippen molar-refractivity contribution < 1.29 is 4.79 Å². The van der Waals surface area contributed by atoms with E-state index in [-0.39, 0.29) is 5.91 Å². The molecule has 1 N–H and O–H groups in total. The van der Waals surface area contributed by atoms with Crippen LogP contribution in [-0.2, 0) is 6.54 Å². The van der Waals surface area contributed by atoms with Gasteiger partial charge in [0, 0.05) is 12.6 Å². The Hall–Kier alpha value is -2.07. The molecule has 1 saturated carbocycles. The van der Waals surface area contributed by atoms with Gasteiger partial charge in [-0.05, 0) is 48.4 Å². The fourth-order valence-electron chi connectivity index (χ4n) is 2.78. The summed E-state index contributed by atoms with van der Waals surface area (Å²) in [7, 11) is 0. The molecule has 2 heterocycles. The Bertz CT molecular complexity index is 842. The van der Waals surface area contributed by atoms with Crippen LogP contribution < -0.4 is 5.32 Å². The first kappa shape index (κ1) is 13.6. The standard InChI is InChI=1S/C18H18N2OS/c1-12-4-2-3-5-13(12)11-20-15-8-9-22-17(15)10-16(20)18(21)19-14-6-7-14/h2-5,8-10,14H,6-7,11H2,1H3,(H,19,21). The molecule has 1 amide bonds. The zero-order valence-corrected chi connectivity index (χ0v) is 13.3. The normalized spacial score (nSPS) is 14.4. The Labute approximate surface area is 133 Å². The van der Waals surface area contributed by atoms with Crippen LogP contribution >= 0.6 is 11.3 Å². The van der Waals surface area contributed by atoms with Gasteiger partial charge in [0.05, 0.1) is 10.2 Å². The highest BCUT2D eigenvalue weighted by molar-refractivity contribution is 7.17. The number of aryl methyl sites for hydroxylation is 1. The molecule has 0 radical (unpaired) electrons. The second-order valence-corrected chi connectivity index (χ2v) is 6.91. The number of rotatable bonds is 4. The summed E-state index contributed by atoms with van der Waals surface area (Å²) in [5.41, 5.74) is 4.44. The van der Waals surface area contributed by atoms with Crippen molar-refractivity contribution in [2.45, 2.75) is 32.4 Å². The average molecular weight is 310 g/mol. The Morgan fingerprint density at radius 1 is 1.32 bits per heavy atom. The zero-order valence-electron chi connectivity index (χ0n) is 12.5. The highest BCUT2D eigenvalue weighted by atomic mass is 32.1. The van der Waals surface area contributed by atoms with E-state index in [2.05, 4.69) is 52.5 Å². The highest BCUT2D eigenvalue weighted by Crippen LogP contribution is 2.28. The molecule has 1 fully saturated rings. The third-order valence-corrected chi connectivity index (χ3v) is 5.11. The minimum atomic E-state index is 0.0551. The quantitative estimate of drug-likeness (QED) is 0.778. The van der Waals surface area contributed by atoms with E-state index in [9.17, 15) is 4.79 Å². The smallest absolute Gasteiger partial charge is 0.268 e. The Morgan fingerprint density at radius 2 is 2.14 bits per heavy atom. The molecule has 0 saturated heterocycles. The van der Waals surface area contributed by atoms with E-state index in [0.717, 1.165) is 30.6 Å². The van der Waals surface area contributed by atoms with Crippen LogP contribution in [0.1, 0.15) is 34.5 Å². The van der Waals surface area contributed by atoms with Gasteiger partial charge in [-0.25, -0.2) is 0 Å². The van der Waals surface area contributed by atoms with E-state index in [4.69, 9.17) is 0 Å². The first-order valence-corrected chi connectivity index (χ1v) is 8.52. The van der Waals surface area contributed by atoms with E-state index in [1.165, 1.54) is 15.8 Å². The third kappa shape index (κ3) is 2.44. The fourth-order valence-corrected chi connectivity index (χ4v) is 3.60. The molecule has 0 spiro atoms. The molecular formula is C18H18N2OS. The van der Waals surface area contributed by atoms with E-state index in [0.29, 0.717) is 6.04 Å². The van der Waals surface area contributed by atoms with Crippen LogP contribution in [0.4, 0.5) is 0 Å². The maximum atomic E-state index is 12.5. The largest absolute Gasteiger partial charge is 0.348 e. The van der Waals surface area contributed by atoms with E-state index in [1.54, 1.807) is 11.3 Å². The number of hydrogen-bond donors (Lipinski definition) is 1. The zero-order chi connectivity index (χ0) is 15.1. The minimum absolute atomic E-state index is 0.0551. The van der Waals surface area contributed by atoms with Crippen LogP contribution in [0.5, 0.6) is 0 Å². The molecule has 0 unspecified atom stereocenters. The van der Waals surface area contributed by atoms with Crippen molar-refractivity contribution in [3.63, 3.8) is 0 Å². The lowest BCUT2D eigenvalue weighted by Gasteiger charge is -2.12. The first-order chi connectivity index (χ1) is 10.7. The molecule has 0 aliphatic heterocycles. The van der Waals surface area contributed by atoms with Gasteiger partial charge >= 0.3 is 0 Å². The molecule has 1 aliphatic rings. The average Bonchev–Trinajstić information content (AvgIpc) is 3.08. The summed E-state index contributed by atoms with van der Waals surface area (Å²) in [4.78, 5) is 12.5. The van der Waals surface area contributed by atoms with Crippen LogP contribution in [0.25, 0.3) is 10.2 Å². The van der Waals surface area contributed by atoms with Gasteiger partial charge in [0.1, 0.15) is 5.69 Å². The van der Waals surface area contributed by atoms with Crippen molar-refractivity contribution in [3.05, 3.63) is 58.6 Å². The second-order valence-electron chi connectivity index (χ2n) is 5.96. The number of benzene rings is 1. The van der Waals surface area contributed by atoms with E-state index >= 15 is 0 Å². The van der Waals surface area contributed by atoms with Gasteiger partial charge in [-0.3, -0.25) is 4.79 Å². The second kappa shape index (κ2) is 5.29. The number of nitrogens with one attached hydrogen (secondary N) is 1. The Balaban J connectivity index is 1.75. The van der Waals surface area contributed by atoms with Crippen LogP contribution in [0.2, 0.25) is 0 Å². The van der Waals surface area contributed by atoms with E-state index < -0.39 is 0 Å². The number of aromatic nitrogens is 1. The van der Waals surface area contributed by atoms with Gasteiger partial charge in [-0.2, -0.15) is 0 Å². The van der Waals surface area contributed by atoms with Gasteiger partial charge in [0.2, 0.25) is 0 Å². The topological polar surface area (TPSA) is 34.0 Å². The lowest BCUT2D eigenvalue weighted by Crippen LogP contribution is -2.27. The molecule has 4 rings (SSSR count). The third-order valence-electron chi connectivity index (χ3n) is 4.26. The molecule has 1 aromatic carbocycles. The van der Waals surface area contributed by atoms with Crippen molar-refractivity contribution >= 4 is 27.5 Å². The Kier molecular flexibility index (Phi) is 3.26. The maximum absolute atomic E-state index is 12.5. The summed E-state index contributed by atoms with van der Waals surface area (Å²) in [5.74, 6) is 0.0551. The van der Waals surface area contributed by atoms with Gasteiger partial charge in [-0.15, -0.1) is 11.3 Å². The van der Waals surface area contributed by atoms with Crippen LogP contribution in [-0.4, -0.2) is 16.5 Å². The van der Waals surface area contributed by atoms with Crippen molar-refractivity contribution in [3.8, 4) is 0 Å². The summed E-state index contributed by atoms with van der Waals surface area (Å²) in [5, 5.41) is 5.19. The maximum Gasteiger partial charge on any atom is 0.268 e. The molecular weight excluding hydrogens is 292 g/mol. The number of carbonyl (C=O) groups is 1. The van der Waals surface area contributed by atoms with Crippen LogP contribution in [0.3, 0.4) is 0 Å². The number of fused-ring (bicyclic) bond motifs is 1. The number of thiophene rings is 1. The lowest BCUT2D eigenvalue weighted by molar-refractivity contribution is 0.0942. The molecule has 2 aromatic heterocycles. The number of nitrogens with zero attached hydrogens (tertiary/aromatic N) is 1. The number of hydrogen-bond acceptors (Lipinski definition) is 2. The number of amides is 1. The molecule has 22 heavy (non-hydrogen) atoms. The van der Waals surface area contributed by atoms with Gasteiger partial charge in [-0.1, -0.05) is 24.3 Å². The van der Waals surface area contributed by atoms with Gasteiger partial charge in [0.25, 0.3) is 5.91 Å². The van der Waals surface area contributed by atoms with Crippen molar-refractivity contribution in [1.82, 2.24) is 9.88 Å². The van der Waals surface area contributed by atoms with Gasteiger partial charge in [0.15, 0.2) is 0 Å². The minimum Gasteiger partial charge on any atom is -0.348 e. The van der Waals surface area contributed by atoms with Crippen molar-refractivity contribution in [2.75, 3.05) is 0 Å². The lowest BCUT2D eigenvalue weighted by atomic mass is 10.1. The molecule has 4 heteroatoms. The van der Waals surface area contributed by atoms with Gasteiger partial charge < -0.3 is 9.88 Å². The summed E-state index contributed by atoms with van der Waals surface area (Å²) in [6.07, 6.45) is 2.22. The summed E-state index contributed by atoms with van der Waals surface area (Å²) >= 11 is 1.69. The summed E-state index contributed by atoms with van der Waals surface area (Å²) < 4.78 is 3.32. The first-order valence-electron chi connectivity index (χ1n) is 7.64. The molecule has 1 aliphatic carbocycles. The van der Waals surface area contributed by atoms with Crippen molar-refractivity contribution in [2.24, 2.45) is 0 Å². The molecule has 0 bridgehead atoms. The monoisotopic (exact) mass is 310 g/mol. The van der Waals surface area contributed by atoms with Crippen LogP contribution in [0.15, 0.2) is 41.8 Å². The highest BCUT2D eigenvalue weighted by Gasteiger charge is 2.26. The molecule has 3 nitrogen and oxygen atoms in total. The predicted molar refractivity (Wildman–Crippen MR) is 90.6 cm³/mol. The Morgan fingerprint density at radius 3 is 2.91 bits per heavy atom. The van der Waals surface area contributed by atoms with E-state index in [1.807, 2.05) is 6.07 Å². The fraction of sp³-hybridized carbons (Fsp3) is 0.278. The predicted octanol–water partition coefficient (Wildman–Crippen LogP) is 3.95. The SMILES string of the molecule is Cc1ccccc1Cn1c(C(=O)NC2CC2)cc2sccc21. The van der Waals surface area contributed by atoms with Crippen molar-refractivity contribution in [1.29, 1.82) is 0 Å². The molecule has 112 valence electrons. The summed E-state index contributed by atoms with van der Waals surface area (Å²) in [6.45, 7) is 2.86. The number of carbonyl (C=O) groups excluding carboxylic acids is 1. The molecule has 0 atom stereocenters. The molecule has 3 aromatic rings. The van der Waals surface area contributed by atoms with Crippen LogP contribution in [0, 0.1) is 6.92 Å².